The number of hydrogen-bond donors (Lipinski definition) is 1. The van der Waals surface area contributed by atoms with Crippen molar-refractivity contribution in [2.75, 3.05) is 0 Å². The van der Waals surface area contributed by atoms with Crippen LogP contribution in [0.15, 0.2) is 29.2 Å². The van der Waals surface area contributed by atoms with Crippen LogP contribution in [-0.4, -0.2) is 5.26 Å². The van der Waals surface area contributed by atoms with Gasteiger partial charge in [0, 0.05) is 20.2 Å². The summed E-state index contributed by atoms with van der Waals surface area (Å²) >= 11 is 2.54. The van der Waals surface area contributed by atoms with E-state index in [1.54, 1.807) is 11.3 Å². The van der Waals surface area contributed by atoms with Crippen LogP contribution in [0.4, 0.5) is 0 Å². The second-order valence-corrected chi connectivity index (χ2v) is 6.03. The van der Waals surface area contributed by atoms with Gasteiger partial charge in [0.25, 0.3) is 0 Å². The SMILES string of the molecule is Cc1sc(C)c(-c2ccc(SOOO)cc2)c1C#N. The molecule has 1 aromatic heterocycles. The molecule has 2 rings (SSSR count). The molecule has 0 fully saturated rings. The van der Waals surface area contributed by atoms with E-state index in [2.05, 4.69) is 15.4 Å². The van der Waals surface area contributed by atoms with Crippen LogP contribution < -0.4 is 0 Å². The minimum Gasteiger partial charge on any atom is -0.220 e. The molecule has 0 spiro atoms. The normalized spacial score (nSPS) is 10.4. The summed E-state index contributed by atoms with van der Waals surface area (Å²) in [5.74, 6) is 0. The smallest absolute Gasteiger partial charge is 0.101 e. The molecule has 98 valence electrons. The molecule has 0 amide bonds. The zero-order chi connectivity index (χ0) is 13.8. The highest BCUT2D eigenvalue weighted by Crippen LogP contribution is 2.36. The van der Waals surface area contributed by atoms with Gasteiger partial charge in [-0.15, -0.1) is 15.7 Å². The maximum Gasteiger partial charge on any atom is 0.101 e. The molecular formula is C13H11NO3S2. The first kappa shape index (κ1) is 14.1. The first-order chi connectivity index (χ1) is 9.17. The average molecular weight is 293 g/mol. The molecule has 0 atom stereocenters. The van der Waals surface area contributed by atoms with Crippen LogP contribution in [0.3, 0.4) is 0 Å². The Labute approximate surface area is 119 Å². The molecule has 0 unspecified atom stereocenters. The Morgan fingerprint density at radius 3 is 2.47 bits per heavy atom. The Kier molecular flexibility index (Phi) is 4.58. The van der Waals surface area contributed by atoms with E-state index in [4.69, 9.17) is 5.26 Å². The number of thiophene rings is 1. The summed E-state index contributed by atoms with van der Waals surface area (Å²) in [5, 5.41) is 20.9. The van der Waals surface area contributed by atoms with E-state index in [-0.39, 0.29) is 0 Å². The Morgan fingerprint density at radius 1 is 1.21 bits per heavy atom. The summed E-state index contributed by atoms with van der Waals surface area (Å²) < 4.78 is 4.36. The number of benzene rings is 1. The largest absolute Gasteiger partial charge is 0.220 e. The Balaban J connectivity index is 2.35. The Hall–Kier alpha value is -1.36. The molecule has 2 aromatic rings. The summed E-state index contributed by atoms with van der Waals surface area (Å²) in [4.78, 5) is 2.95. The van der Waals surface area contributed by atoms with Crippen molar-refractivity contribution in [3.63, 3.8) is 0 Å². The summed E-state index contributed by atoms with van der Waals surface area (Å²) in [7, 11) is 0. The number of rotatable bonds is 4. The molecular weight excluding hydrogens is 282 g/mol. The van der Waals surface area contributed by atoms with Crippen molar-refractivity contribution >= 4 is 23.4 Å². The highest BCUT2D eigenvalue weighted by molar-refractivity contribution is 7.94. The number of hydrogen-bond acceptors (Lipinski definition) is 6. The minimum absolute atomic E-state index is 0.734. The van der Waals surface area contributed by atoms with Crippen LogP contribution in [0.5, 0.6) is 0 Å². The molecule has 0 aliphatic rings. The average Bonchev–Trinajstić information content (AvgIpc) is 2.71. The quantitative estimate of drug-likeness (QED) is 0.516. The van der Waals surface area contributed by atoms with Gasteiger partial charge in [0.2, 0.25) is 0 Å². The van der Waals surface area contributed by atoms with Crippen LogP contribution in [0, 0.1) is 25.2 Å². The Bertz CT molecular complexity index is 614. The van der Waals surface area contributed by atoms with Gasteiger partial charge in [-0.3, -0.25) is 0 Å². The molecule has 19 heavy (non-hydrogen) atoms. The van der Waals surface area contributed by atoms with E-state index in [0.29, 0.717) is 0 Å². The lowest BCUT2D eigenvalue weighted by Gasteiger charge is -2.03. The fourth-order valence-electron chi connectivity index (χ4n) is 1.90. The van der Waals surface area contributed by atoms with E-state index in [1.807, 2.05) is 38.1 Å². The highest BCUT2D eigenvalue weighted by atomic mass is 32.2. The van der Waals surface area contributed by atoms with Gasteiger partial charge in [-0.05, 0) is 31.5 Å². The summed E-state index contributed by atoms with van der Waals surface area (Å²) in [6, 6.07) is 9.77. The van der Waals surface area contributed by atoms with Crippen molar-refractivity contribution in [2.24, 2.45) is 0 Å². The number of nitriles is 1. The second kappa shape index (κ2) is 6.19. The maximum atomic E-state index is 9.23. The lowest BCUT2D eigenvalue weighted by atomic mass is 10.0. The van der Waals surface area contributed by atoms with Crippen molar-refractivity contribution in [2.45, 2.75) is 18.7 Å². The van der Waals surface area contributed by atoms with Crippen molar-refractivity contribution in [3.05, 3.63) is 39.6 Å². The van der Waals surface area contributed by atoms with Crippen molar-refractivity contribution in [1.82, 2.24) is 0 Å². The number of nitrogens with zero attached hydrogens (tertiary/aromatic N) is 1. The van der Waals surface area contributed by atoms with Crippen LogP contribution in [-0.2, 0) is 9.37 Å². The molecule has 0 saturated heterocycles. The van der Waals surface area contributed by atoms with E-state index < -0.39 is 0 Å². The van der Waals surface area contributed by atoms with Crippen molar-refractivity contribution < 1.29 is 14.6 Å². The predicted octanol–water partition coefficient (Wildman–Crippen LogP) is 4.33. The zero-order valence-electron chi connectivity index (χ0n) is 10.3. The molecule has 4 nitrogen and oxygen atoms in total. The molecule has 0 aliphatic heterocycles. The molecule has 0 aliphatic carbocycles. The first-order valence-corrected chi connectivity index (χ1v) is 6.98. The monoisotopic (exact) mass is 293 g/mol. The second-order valence-electron chi connectivity index (χ2n) is 3.83. The van der Waals surface area contributed by atoms with Gasteiger partial charge in [0.05, 0.1) is 17.6 Å². The molecule has 0 saturated carbocycles. The first-order valence-electron chi connectivity index (χ1n) is 5.42. The summed E-state index contributed by atoms with van der Waals surface area (Å²) in [6.07, 6.45) is 0. The Morgan fingerprint density at radius 2 is 1.89 bits per heavy atom. The van der Waals surface area contributed by atoms with Crippen molar-refractivity contribution in [1.29, 1.82) is 5.26 Å². The lowest BCUT2D eigenvalue weighted by Crippen LogP contribution is -1.84. The zero-order valence-corrected chi connectivity index (χ0v) is 12.0. The minimum atomic E-state index is 0.734. The van der Waals surface area contributed by atoms with Gasteiger partial charge in [-0.1, -0.05) is 17.2 Å². The number of aryl methyl sites for hydroxylation is 2. The van der Waals surface area contributed by atoms with Crippen LogP contribution >= 0.6 is 23.4 Å². The van der Waals surface area contributed by atoms with Gasteiger partial charge < -0.3 is 0 Å². The van der Waals surface area contributed by atoms with Crippen LogP contribution in [0.25, 0.3) is 11.1 Å². The topological polar surface area (TPSA) is 62.5 Å². The third-order valence-electron chi connectivity index (χ3n) is 2.68. The summed E-state index contributed by atoms with van der Waals surface area (Å²) in [5.41, 5.74) is 2.71. The molecule has 1 aromatic carbocycles. The van der Waals surface area contributed by atoms with Gasteiger partial charge in [0.1, 0.15) is 6.07 Å². The van der Waals surface area contributed by atoms with Gasteiger partial charge in [-0.25, -0.2) is 5.26 Å². The lowest BCUT2D eigenvalue weighted by molar-refractivity contribution is -0.432. The van der Waals surface area contributed by atoms with E-state index >= 15 is 0 Å². The van der Waals surface area contributed by atoms with Crippen LogP contribution in [0.2, 0.25) is 0 Å². The van der Waals surface area contributed by atoms with Crippen LogP contribution in [0.1, 0.15) is 15.3 Å². The van der Waals surface area contributed by atoms with E-state index in [1.165, 1.54) is 0 Å². The fourth-order valence-corrected chi connectivity index (χ4v) is 3.28. The molecule has 1 N–H and O–H groups in total. The van der Waals surface area contributed by atoms with Gasteiger partial charge in [-0.2, -0.15) is 5.26 Å². The third kappa shape index (κ3) is 2.97. The van der Waals surface area contributed by atoms with E-state index in [9.17, 15) is 5.26 Å². The molecule has 0 radical (unpaired) electrons. The molecule has 1 heterocycles. The maximum absolute atomic E-state index is 9.23. The fraction of sp³-hybridized carbons (Fsp3) is 0.154. The molecule has 0 bridgehead atoms. The predicted molar refractivity (Wildman–Crippen MR) is 74.6 cm³/mol. The summed E-state index contributed by atoms with van der Waals surface area (Å²) in [6.45, 7) is 3.97. The van der Waals surface area contributed by atoms with Gasteiger partial charge >= 0.3 is 0 Å². The molecule has 6 heteroatoms. The standard InChI is InChI=1S/C13H11NO3S2/c1-8-12(7-14)13(9(2)18-8)10-3-5-11(6-4-10)19-17-16-15/h3-6,15H,1-2H3. The highest BCUT2D eigenvalue weighted by Gasteiger charge is 2.14. The third-order valence-corrected chi connectivity index (χ3v) is 4.29. The van der Waals surface area contributed by atoms with Gasteiger partial charge in [0.15, 0.2) is 0 Å². The van der Waals surface area contributed by atoms with Crippen molar-refractivity contribution in [3.8, 4) is 17.2 Å². The van der Waals surface area contributed by atoms with E-state index in [0.717, 1.165) is 43.4 Å².